The second kappa shape index (κ2) is 13.7. The number of hydrazone groups is 1. The Morgan fingerprint density at radius 1 is 1.10 bits per heavy atom. The number of urea groups is 1. The fourth-order valence-electron chi connectivity index (χ4n) is 4.40. The first-order chi connectivity index (χ1) is 20.4. The lowest BCUT2D eigenvalue weighted by atomic mass is 9.95. The third-order valence-electron chi connectivity index (χ3n) is 6.27. The number of carbonyl (C=O) groups is 3. The number of fused-ring (bicyclic) bond motifs is 1. The van der Waals surface area contributed by atoms with E-state index >= 15 is 0 Å². The molecule has 0 radical (unpaired) electrons. The average Bonchev–Trinajstić information content (AvgIpc) is 2.99. The third kappa shape index (κ3) is 6.79. The number of nitrogens with one attached hydrogen (secondary N) is 3. The number of allylic oxidation sites excluding steroid dienone is 1. The summed E-state index contributed by atoms with van der Waals surface area (Å²) in [4.78, 5) is 37.3. The Morgan fingerprint density at radius 2 is 1.88 bits per heavy atom. The minimum atomic E-state index is -0.776. The van der Waals surface area contributed by atoms with Crippen molar-refractivity contribution in [3.05, 3.63) is 77.0 Å². The Morgan fingerprint density at radius 3 is 2.64 bits per heavy atom. The van der Waals surface area contributed by atoms with E-state index in [1.54, 1.807) is 38.1 Å². The lowest BCUT2D eigenvalue weighted by Gasteiger charge is -2.28. The molecule has 1 atom stereocenters. The normalized spacial score (nSPS) is 14.5. The highest BCUT2D eigenvalue weighted by molar-refractivity contribution is 6.02. The smallest absolute Gasteiger partial charge is 0.338 e. The Hall–Kier alpha value is -5.50. The van der Waals surface area contributed by atoms with E-state index in [0.717, 1.165) is 10.8 Å². The van der Waals surface area contributed by atoms with Gasteiger partial charge in [0.1, 0.15) is 12.4 Å². The van der Waals surface area contributed by atoms with Crippen LogP contribution < -0.4 is 30.3 Å². The van der Waals surface area contributed by atoms with Gasteiger partial charge in [0.15, 0.2) is 18.1 Å². The second-order valence-electron chi connectivity index (χ2n) is 8.97. The van der Waals surface area contributed by atoms with Gasteiger partial charge in [-0.05, 0) is 48.4 Å². The van der Waals surface area contributed by atoms with Gasteiger partial charge < -0.3 is 29.6 Å². The van der Waals surface area contributed by atoms with E-state index in [1.807, 2.05) is 30.3 Å². The third-order valence-corrected chi connectivity index (χ3v) is 6.27. The van der Waals surface area contributed by atoms with E-state index in [0.29, 0.717) is 28.3 Å². The number of benzene rings is 3. The summed E-state index contributed by atoms with van der Waals surface area (Å²) in [6, 6.07) is 15.0. The summed E-state index contributed by atoms with van der Waals surface area (Å²) < 4.78 is 22.0. The fraction of sp³-hybridized carbons (Fsp3) is 0.226. The van der Waals surface area contributed by atoms with Gasteiger partial charge in [-0.1, -0.05) is 42.3 Å². The SMILES string of the molecule is C#CCOc1ccc2ccccc2c1/C=N/NC(=O)COc1ccc([C@@H]2NC(=O)NC(C)=C2C(=O)OCC)cc1OC. The van der Waals surface area contributed by atoms with E-state index in [2.05, 4.69) is 27.1 Å². The highest BCUT2D eigenvalue weighted by Gasteiger charge is 2.32. The predicted molar refractivity (Wildman–Crippen MR) is 156 cm³/mol. The summed E-state index contributed by atoms with van der Waals surface area (Å²) in [6.07, 6.45) is 6.83. The maximum absolute atomic E-state index is 12.6. The molecule has 0 saturated heterocycles. The van der Waals surface area contributed by atoms with Gasteiger partial charge in [0.05, 0.1) is 31.5 Å². The lowest BCUT2D eigenvalue weighted by Crippen LogP contribution is -2.45. The van der Waals surface area contributed by atoms with Crippen molar-refractivity contribution >= 4 is 34.9 Å². The van der Waals surface area contributed by atoms with Crippen molar-refractivity contribution in [1.82, 2.24) is 16.1 Å². The number of terminal acetylenes is 1. The first kappa shape index (κ1) is 29.5. The number of nitrogens with zero attached hydrogens (tertiary/aromatic N) is 1. The highest BCUT2D eigenvalue weighted by atomic mass is 16.5. The van der Waals surface area contributed by atoms with E-state index < -0.39 is 23.9 Å². The molecule has 3 aromatic rings. The number of hydrogen-bond donors (Lipinski definition) is 3. The van der Waals surface area contributed by atoms with Crippen molar-refractivity contribution in [3.63, 3.8) is 0 Å². The number of amides is 3. The molecule has 1 aliphatic heterocycles. The highest BCUT2D eigenvalue weighted by Crippen LogP contribution is 2.34. The maximum atomic E-state index is 12.6. The van der Waals surface area contributed by atoms with E-state index in [4.69, 9.17) is 25.4 Å². The fourth-order valence-corrected chi connectivity index (χ4v) is 4.40. The molecule has 1 aliphatic rings. The number of carbonyl (C=O) groups excluding carboxylic acids is 3. The van der Waals surface area contributed by atoms with E-state index in [1.165, 1.54) is 13.3 Å². The molecule has 0 aromatic heterocycles. The van der Waals surface area contributed by atoms with Crippen molar-refractivity contribution < 1.29 is 33.3 Å². The molecule has 0 fully saturated rings. The molecule has 0 bridgehead atoms. The van der Waals surface area contributed by atoms with Crippen LogP contribution in [0.25, 0.3) is 10.8 Å². The van der Waals surface area contributed by atoms with Crippen molar-refractivity contribution in [2.24, 2.45) is 5.10 Å². The molecule has 0 saturated carbocycles. The zero-order valence-electron chi connectivity index (χ0n) is 23.4. The number of ether oxygens (including phenoxy) is 4. The molecule has 3 N–H and O–H groups in total. The Kier molecular flexibility index (Phi) is 9.63. The van der Waals surface area contributed by atoms with Gasteiger partial charge in [0.2, 0.25) is 0 Å². The van der Waals surface area contributed by atoms with Crippen LogP contribution >= 0.6 is 0 Å². The van der Waals surface area contributed by atoms with Gasteiger partial charge >= 0.3 is 12.0 Å². The second-order valence-corrected chi connectivity index (χ2v) is 8.97. The van der Waals surface area contributed by atoms with Crippen molar-refractivity contribution in [2.75, 3.05) is 26.9 Å². The minimum Gasteiger partial charge on any atom is -0.493 e. The molecular formula is C31H30N4O7. The van der Waals surface area contributed by atoms with Gasteiger partial charge in [0.25, 0.3) is 5.91 Å². The van der Waals surface area contributed by atoms with Crippen LogP contribution in [0.2, 0.25) is 0 Å². The van der Waals surface area contributed by atoms with Gasteiger partial charge in [-0.2, -0.15) is 5.10 Å². The molecule has 216 valence electrons. The first-order valence-corrected chi connectivity index (χ1v) is 13.0. The monoisotopic (exact) mass is 570 g/mol. The van der Waals surface area contributed by atoms with Crippen molar-refractivity contribution in [2.45, 2.75) is 19.9 Å². The molecule has 4 rings (SSSR count). The van der Waals surface area contributed by atoms with Crippen LogP contribution in [0.3, 0.4) is 0 Å². The van der Waals surface area contributed by atoms with Crippen LogP contribution in [-0.2, 0) is 14.3 Å². The van der Waals surface area contributed by atoms with Crippen LogP contribution in [0.1, 0.15) is 31.0 Å². The molecule has 0 aliphatic carbocycles. The molecule has 11 nitrogen and oxygen atoms in total. The Balaban J connectivity index is 1.46. The molecule has 42 heavy (non-hydrogen) atoms. The van der Waals surface area contributed by atoms with Crippen LogP contribution in [0.15, 0.2) is 71.0 Å². The van der Waals surface area contributed by atoms with Crippen molar-refractivity contribution in [1.29, 1.82) is 0 Å². The van der Waals surface area contributed by atoms with Crippen LogP contribution in [0.5, 0.6) is 17.2 Å². The van der Waals surface area contributed by atoms with E-state index in [9.17, 15) is 14.4 Å². The standard InChI is InChI=1S/C31H30N4O7/c1-5-15-41-24-13-11-20-9-7-8-10-22(20)23(24)17-32-35-27(36)18-42-25-14-12-21(16-26(25)39-4)29-28(30(37)40-6-2)19(3)33-31(38)34-29/h1,7-14,16-17,29H,6,15,18H2,2-4H3,(H,35,36)(H2,33,34,38)/b32-17+/t29-/m0/s1. The number of hydrogen-bond acceptors (Lipinski definition) is 8. The maximum Gasteiger partial charge on any atom is 0.338 e. The minimum absolute atomic E-state index is 0.0873. The average molecular weight is 571 g/mol. The largest absolute Gasteiger partial charge is 0.493 e. The molecular weight excluding hydrogens is 540 g/mol. The Bertz CT molecular complexity index is 1610. The van der Waals surface area contributed by atoms with Gasteiger partial charge in [-0.25, -0.2) is 15.0 Å². The van der Waals surface area contributed by atoms with Crippen LogP contribution in [0, 0.1) is 12.3 Å². The first-order valence-electron chi connectivity index (χ1n) is 13.0. The molecule has 1 heterocycles. The summed E-state index contributed by atoms with van der Waals surface area (Å²) >= 11 is 0. The summed E-state index contributed by atoms with van der Waals surface area (Å²) in [5.74, 6) is 2.47. The summed E-state index contributed by atoms with van der Waals surface area (Å²) in [5.41, 5.74) is 4.32. The molecule has 3 amide bonds. The number of esters is 1. The van der Waals surface area contributed by atoms with Crippen LogP contribution in [-0.4, -0.2) is 51.1 Å². The molecule has 3 aromatic carbocycles. The number of rotatable bonds is 11. The van der Waals surface area contributed by atoms with Gasteiger partial charge in [-0.15, -0.1) is 6.42 Å². The van der Waals surface area contributed by atoms with Gasteiger partial charge in [-0.3, -0.25) is 4.79 Å². The summed E-state index contributed by atoms with van der Waals surface area (Å²) in [7, 11) is 1.44. The lowest BCUT2D eigenvalue weighted by molar-refractivity contribution is -0.139. The summed E-state index contributed by atoms with van der Waals surface area (Å²) in [6.45, 7) is 3.23. The topological polar surface area (TPSA) is 137 Å². The Labute approximate surface area is 242 Å². The van der Waals surface area contributed by atoms with Gasteiger partial charge in [0, 0.05) is 11.3 Å². The molecule has 11 heteroatoms. The summed E-state index contributed by atoms with van der Waals surface area (Å²) in [5, 5.41) is 11.3. The van der Waals surface area contributed by atoms with E-state index in [-0.39, 0.29) is 31.1 Å². The zero-order chi connectivity index (χ0) is 30.1. The predicted octanol–water partition coefficient (Wildman–Crippen LogP) is 3.58. The quantitative estimate of drug-likeness (QED) is 0.139. The number of methoxy groups -OCH3 is 1. The zero-order valence-corrected chi connectivity index (χ0v) is 23.4. The van der Waals surface area contributed by atoms with Crippen molar-refractivity contribution in [3.8, 4) is 29.6 Å². The molecule has 0 spiro atoms. The van der Waals surface area contributed by atoms with Crippen LogP contribution in [0.4, 0.5) is 4.79 Å². The molecule has 0 unspecified atom stereocenters.